The molecule has 0 fully saturated rings. The van der Waals surface area contributed by atoms with Gasteiger partial charge in [-0.2, -0.15) is 0 Å². The second-order valence-corrected chi connectivity index (χ2v) is 7.16. The molecule has 1 aromatic rings. The molecule has 0 heterocycles. The van der Waals surface area contributed by atoms with Crippen LogP contribution in [-0.2, 0) is 10.0 Å². The Balaban J connectivity index is 2.64. The van der Waals surface area contributed by atoms with Crippen molar-refractivity contribution in [2.45, 2.75) is 38.0 Å². The van der Waals surface area contributed by atoms with Gasteiger partial charge in [0.05, 0.1) is 16.3 Å². The van der Waals surface area contributed by atoms with Crippen LogP contribution >= 0.6 is 0 Å². The lowest BCUT2D eigenvalue weighted by Gasteiger charge is -2.12. The van der Waals surface area contributed by atoms with Crippen LogP contribution in [0.5, 0.6) is 0 Å². The van der Waals surface area contributed by atoms with Gasteiger partial charge < -0.3 is 11.1 Å². The van der Waals surface area contributed by atoms with Gasteiger partial charge in [0.15, 0.2) is 0 Å². The first kappa shape index (κ1) is 16.8. The van der Waals surface area contributed by atoms with Crippen molar-refractivity contribution in [3.05, 3.63) is 18.2 Å². The van der Waals surface area contributed by atoms with Gasteiger partial charge in [0.2, 0.25) is 10.0 Å². The van der Waals surface area contributed by atoms with Crippen LogP contribution in [-0.4, -0.2) is 22.0 Å². The molecule has 5 nitrogen and oxygen atoms in total. The number of nitrogen functional groups attached to an aromatic ring is 1. The standard InChI is InChI=1S/C14H25N3O2S/c1-11(2)6-4-5-9-17-14-10-12(7-8-13(14)15)20(18,19)16-3/h7-8,10-11,16-17H,4-6,9,15H2,1-3H3. The second-order valence-electron chi connectivity index (χ2n) is 5.27. The molecule has 0 unspecified atom stereocenters. The molecule has 0 aromatic heterocycles. The Hall–Kier alpha value is -1.27. The zero-order valence-corrected chi connectivity index (χ0v) is 13.3. The Morgan fingerprint density at radius 2 is 1.95 bits per heavy atom. The van der Waals surface area contributed by atoms with Gasteiger partial charge in [-0.05, 0) is 37.6 Å². The van der Waals surface area contributed by atoms with Crippen LogP contribution in [0.3, 0.4) is 0 Å². The summed E-state index contributed by atoms with van der Waals surface area (Å²) >= 11 is 0. The Kier molecular flexibility index (Phi) is 6.29. The number of hydrogen-bond donors (Lipinski definition) is 3. The number of nitrogens with one attached hydrogen (secondary N) is 2. The summed E-state index contributed by atoms with van der Waals surface area (Å²) in [5.74, 6) is 0.712. The Bertz CT molecular complexity index is 527. The van der Waals surface area contributed by atoms with E-state index in [-0.39, 0.29) is 4.90 Å². The number of rotatable bonds is 8. The molecule has 0 spiro atoms. The Labute approximate surface area is 122 Å². The molecule has 114 valence electrons. The summed E-state index contributed by atoms with van der Waals surface area (Å²) < 4.78 is 25.8. The van der Waals surface area contributed by atoms with E-state index >= 15 is 0 Å². The van der Waals surface area contributed by atoms with E-state index < -0.39 is 10.0 Å². The molecule has 1 aromatic carbocycles. The number of unbranched alkanes of at least 4 members (excludes halogenated alkanes) is 1. The van der Waals surface area contributed by atoms with Crippen molar-refractivity contribution < 1.29 is 8.42 Å². The Morgan fingerprint density at radius 3 is 2.55 bits per heavy atom. The highest BCUT2D eigenvalue weighted by atomic mass is 32.2. The van der Waals surface area contributed by atoms with E-state index in [2.05, 4.69) is 23.9 Å². The van der Waals surface area contributed by atoms with Crippen LogP contribution in [0.15, 0.2) is 23.1 Å². The minimum absolute atomic E-state index is 0.221. The van der Waals surface area contributed by atoms with Crippen molar-refractivity contribution >= 4 is 21.4 Å². The van der Waals surface area contributed by atoms with Gasteiger partial charge in [-0.25, -0.2) is 13.1 Å². The van der Waals surface area contributed by atoms with Gasteiger partial charge in [-0.1, -0.05) is 26.7 Å². The van der Waals surface area contributed by atoms with E-state index in [0.717, 1.165) is 19.4 Å². The van der Waals surface area contributed by atoms with Crippen LogP contribution in [0.4, 0.5) is 11.4 Å². The van der Waals surface area contributed by atoms with Gasteiger partial charge in [-0.15, -0.1) is 0 Å². The number of anilines is 2. The fourth-order valence-corrected chi connectivity index (χ4v) is 2.63. The first-order valence-corrected chi connectivity index (χ1v) is 8.42. The maximum absolute atomic E-state index is 11.7. The van der Waals surface area contributed by atoms with Crippen molar-refractivity contribution in [3.63, 3.8) is 0 Å². The summed E-state index contributed by atoms with van der Waals surface area (Å²) in [6.07, 6.45) is 3.39. The molecule has 0 aliphatic carbocycles. The summed E-state index contributed by atoms with van der Waals surface area (Å²) in [5, 5.41) is 3.21. The van der Waals surface area contributed by atoms with Crippen LogP contribution in [0.25, 0.3) is 0 Å². The van der Waals surface area contributed by atoms with Gasteiger partial charge in [0.1, 0.15) is 0 Å². The highest BCUT2D eigenvalue weighted by Gasteiger charge is 2.12. The number of nitrogens with two attached hydrogens (primary N) is 1. The molecule has 0 saturated heterocycles. The summed E-state index contributed by atoms with van der Waals surface area (Å²) in [5.41, 5.74) is 7.09. The lowest BCUT2D eigenvalue weighted by Crippen LogP contribution is -2.19. The first-order chi connectivity index (χ1) is 9.36. The largest absolute Gasteiger partial charge is 0.397 e. The van der Waals surface area contributed by atoms with Crippen LogP contribution in [0.2, 0.25) is 0 Å². The second kappa shape index (κ2) is 7.50. The third kappa shape index (κ3) is 5.02. The monoisotopic (exact) mass is 299 g/mol. The molecule has 20 heavy (non-hydrogen) atoms. The van der Waals surface area contributed by atoms with Crippen molar-refractivity contribution in [2.75, 3.05) is 24.6 Å². The minimum Gasteiger partial charge on any atom is -0.397 e. The molecule has 0 amide bonds. The predicted molar refractivity (Wildman–Crippen MR) is 84.3 cm³/mol. The average molecular weight is 299 g/mol. The third-order valence-corrected chi connectivity index (χ3v) is 4.54. The van der Waals surface area contributed by atoms with Crippen molar-refractivity contribution in [3.8, 4) is 0 Å². The van der Waals surface area contributed by atoms with Crippen LogP contribution in [0, 0.1) is 5.92 Å². The van der Waals surface area contributed by atoms with E-state index in [9.17, 15) is 8.42 Å². The molecule has 0 saturated carbocycles. The zero-order chi connectivity index (χ0) is 15.2. The molecule has 0 aliphatic heterocycles. The fraction of sp³-hybridized carbons (Fsp3) is 0.571. The smallest absolute Gasteiger partial charge is 0.240 e. The zero-order valence-electron chi connectivity index (χ0n) is 12.4. The van der Waals surface area contributed by atoms with E-state index in [1.54, 1.807) is 12.1 Å². The lowest BCUT2D eigenvalue weighted by molar-refractivity contribution is 0.545. The summed E-state index contributed by atoms with van der Waals surface area (Å²) in [6, 6.07) is 4.69. The molecule has 0 atom stereocenters. The minimum atomic E-state index is -3.43. The summed E-state index contributed by atoms with van der Waals surface area (Å²) in [6.45, 7) is 5.20. The van der Waals surface area contributed by atoms with Crippen LogP contribution in [0.1, 0.15) is 33.1 Å². The lowest BCUT2D eigenvalue weighted by atomic mass is 10.1. The fourth-order valence-electron chi connectivity index (χ4n) is 1.87. The number of hydrogen-bond acceptors (Lipinski definition) is 4. The van der Waals surface area contributed by atoms with Gasteiger partial charge in [0.25, 0.3) is 0 Å². The summed E-state index contributed by atoms with van der Waals surface area (Å²) in [7, 11) is -2.04. The van der Waals surface area contributed by atoms with E-state index in [0.29, 0.717) is 17.3 Å². The number of benzene rings is 1. The van der Waals surface area contributed by atoms with Crippen molar-refractivity contribution in [1.82, 2.24) is 4.72 Å². The van der Waals surface area contributed by atoms with E-state index in [1.165, 1.54) is 19.5 Å². The predicted octanol–water partition coefficient (Wildman–Crippen LogP) is 2.42. The SMILES string of the molecule is CNS(=O)(=O)c1ccc(N)c(NCCCCC(C)C)c1. The summed E-state index contributed by atoms with van der Waals surface area (Å²) in [4.78, 5) is 0.221. The van der Waals surface area contributed by atoms with Crippen molar-refractivity contribution in [2.24, 2.45) is 5.92 Å². The highest BCUT2D eigenvalue weighted by Crippen LogP contribution is 2.22. The third-order valence-electron chi connectivity index (χ3n) is 3.13. The quantitative estimate of drug-likeness (QED) is 0.508. The molecule has 6 heteroatoms. The maximum atomic E-state index is 11.7. The molecule has 0 aliphatic rings. The molecule has 0 radical (unpaired) electrons. The molecular weight excluding hydrogens is 274 g/mol. The highest BCUT2D eigenvalue weighted by molar-refractivity contribution is 7.89. The molecule has 0 bridgehead atoms. The van der Waals surface area contributed by atoms with Crippen LogP contribution < -0.4 is 15.8 Å². The van der Waals surface area contributed by atoms with E-state index in [4.69, 9.17) is 5.73 Å². The average Bonchev–Trinajstić information content (AvgIpc) is 2.39. The normalized spacial score (nSPS) is 11.8. The maximum Gasteiger partial charge on any atom is 0.240 e. The molecule has 1 rings (SSSR count). The Morgan fingerprint density at radius 1 is 1.25 bits per heavy atom. The van der Waals surface area contributed by atoms with Gasteiger partial charge in [-0.3, -0.25) is 0 Å². The molecule has 4 N–H and O–H groups in total. The van der Waals surface area contributed by atoms with Gasteiger partial charge in [0, 0.05) is 6.54 Å². The molecular formula is C14H25N3O2S. The number of sulfonamides is 1. The van der Waals surface area contributed by atoms with Gasteiger partial charge >= 0.3 is 0 Å². The van der Waals surface area contributed by atoms with E-state index in [1.807, 2.05) is 0 Å². The topological polar surface area (TPSA) is 84.2 Å². The van der Waals surface area contributed by atoms with Crippen molar-refractivity contribution in [1.29, 1.82) is 0 Å². The first-order valence-electron chi connectivity index (χ1n) is 6.93.